The molecule has 0 aromatic carbocycles. The topological polar surface area (TPSA) is 32.8 Å². The van der Waals surface area contributed by atoms with Crippen LogP contribution in [0.2, 0.25) is 0 Å². The van der Waals surface area contributed by atoms with Crippen LogP contribution in [-0.2, 0) is 4.74 Å². The Balaban J connectivity index is 2.04. The Labute approximate surface area is 99.4 Å². The summed E-state index contributed by atoms with van der Waals surface area (Å²) >= 11 is 1.51. The molecule has 0 aliphatic carbocycles. The predicted molar refractivity (Wildman–Crippen MR) is 65.4 cm³/mol. The lowest BCUT2D eigenvalue weighted by Crippen LogP contribution is -2.44. The zero-order valence-electron chi connectivity index (χ0n) is 9.60. The van der Waals surface area contributed by atoms with Crippen LogP contribution in [0, 0.1) is 0 Å². The first kappa shape index (κ1) is 11.4. The Bertz CT molecular complexity index is 370. The van der Waals surface area contributed by atoms with E-state index in [1.54, 1.807) is 0 Å². The molecule has 2 heterocycles. The third kappa shape index (κ3) is 2.36. The highest BCUT2D eigenvalue weighted by atomic mass is 32.1. The highest BCUT2D eigenvalue weighted by Crippen LogP contribution is 2.27. The molecule has 2 rings (SSSR count). The van der Waals surface area contributed by atoms with Crippen molar-refractivity contribution in [1.82, 2.24) is 4.90 Å². The van der Waals surface area contributed by atoms with E-state index in [0.29, 0.717) is 4.88 Å². The SMILES string of the molecule is COC(=O)c1ccc(N2CCN(C)CC2)s1. The van der Waals surface area contributed by atoms with Gasteiger partial charge in [0, 0.05) is 26.2 Å². The van der Waals surface area contributed by atoms with Gasteiger partial charge in [-0.05, 0) is 19.2 Å². The number of anilines is 1. The molecule has 1 aliphatic heterocycles. The van der Waals surface area contributed by atoms with Gasteiger partial charge in [0.15, 0.2) is 0 Å². The first-order valence-electron chi connectivity index (χ1n) is 5.32. The van der Waals surface area contributed by atoms with Gasteiger partial charge in [0.2, 0.25) is 0 Å². The van der Waals surface area contributed by atoms with Crippen molar-refractivity contribution in [2.24, 2.45) is 0 Å². The molecule has 0 radical (unpaired) electrons. The molecule has 1 saturated heterocycles. The summed E-state index contributed by atoms with van der Waals surface area (Å²) in [4.78, 5) is 16.6. The molecule has 0 spiro atoms. The summed E-state index contributed by atoms with van der Waals surface area (Å²) in [5.74, 6) is -0.245. The molecule has 0 atom stereocenters. The maximum absolute atomic E-state index is 11.3. The average Bonchev–Trinajstić information content (AvgIpc) is 2.78. The van der Waals surface area contributed by atoms with Crippen LogP contribution in [0.1, 0.15) is 9.67 Å². The smallest absolute Gasteiger partial charge is 0.348 e. The Morgan fingerprint density at radius 3 is 2.62 bits per heavy atom. The van der Waals surface area contributed by atoms with Gasteiger partial charge in [-0.1, -0.05) is 0 Å². The lowest BCUT2D eigenvalue weighted by atomic mass is 10.3. The molecule has 0 bridgehead atoms. The summed E-state index contributed by atoms with van der Waals surface area (Å²) in [5, 5.41) is 1.16. The Kier molecular flexibility index (Phi) is 3.46. The van der Waals surface area contributed by atoms with Gasteiger partial charge in [0.25, 0.3) is 0 Å². The Morgan fingerprint density at radius 1 is 1.31 bits per heavy atom. The van der Waals surface area contributed by atoms with E-state index in [2.05, 4.69) is 16.8 Å². The molecule has 1 fully saturated rings. The van der Waals surface area contributed by atoms with Crippen LogP contribution in [0.5, 0.6) is 0 Å². The lowest BCUT2D eigenvalue weighted by Gasteiger charge is -2.32. The number of piperazine rings is 1. The summed E-state index contributed by atoms with van der Waals surface area (Å²) < 4.78 is 4.70. The fourth-order valence-electron chi connectivity index (χ4n) is 1.73. The third-order valence-corrected chi connectivity index (χ3v) is 3.92. The molecule has 1 aromatic rings. The van der Waals surface area contributed by atoms with E-state index < -0.39 is 0 Å². The van der Waals surface area contributed by atoms with Gasteiger partial charge in [0.1, 0.15) is 4.88 Å². The minimum atomic E-state index is -0.245. The highest BCUT2D eigenvalue weighted by Gasteiger charge is 2.17. The molecule has 1 aromatic heterocycles. The van der Waals surface area contributed by atoms with E-state index in [9.17, 15) is 4.79 Å². The summed E-state index contributed by atoms with van der Waals surface area (Å²) in [5.41, 5.74) is 0. The molecule has 0 N–H and O–H groups in total. The minimum absolute atomic E-state index is 0.245. The van der Waals surface area contributed by atoms with Crippen molar-refractivity contribution in [2.45, 2.75) is 0 Å². The van der Waals surface area contributed by atoms with Gasteiger partial charge in [-0.25, -0.2) is 4.79 Å². The number of ether oxygens (including phenoxy) is 1. The second-order valence-electron chi connectivity index (χ2n) is 3.92. The molecule has 4 nitrogen and oxygen atoms in total. The van der Waals surface area contributed by atoms with Crippen LogP contribution >= 0.6 is 11.3 Å². The summed E-state index contributed by atoms with van der Waals surface area (Å²) in [6, 6.07) is 3.84. The number of hydrogen-bond donors (Lipinski definition) is 0. The molecule has 16 heavy (non-hydrogen) atoms. The number of carbonyl (C=O) groups is 1. The number of likely N-dealkylation sites (N-methyl/N-ethyl adjacent to an activating group) is 1. The number of nitrogens with zero attached hydrogens (tertiary/aromatic N) is 2. The first-order valence-corrected chi connectivity index (χ1v) is 6.14. The van der Waals surface area contributed by atoms with Crippen molar-refractivity contribution in [3.05, 3.63) is 17.0 Å². The maximum Gasteiger partial charge on any atom is 0.348 e. The largest absolute Gasteiger partial charge is 0.465 e. The fourth-order valence-corrected chi connectivity index (χ4v) is 2.71. The van der Waals surface area contributed by atoms with E-state index in [-0.39, 0.29) is 5.97 Å². The Hall–Kier alpha value is -1.07. The first-order chi connectivity index (χ1) is 7.70. The van der Waals surface area contributed by atoms with E-state index in [1.807, 2.05) is 12.1 Å². The third-order valence-electron chi connectivity index (χ3n) is 2.79. The van der Waals surface area contributed by atoms with Crippen molar-refractivity contribution in [3.8, 4) is 0 Å². The van der Waals surface area contributed by atoms with E-state index in [1.165, 1.54) is 18.4 Å². The number of methoxy groups -OCH3 is 1. The van der Waals surface area contributed by atoms with Crippen molar-refractivity contribution in [1.29, 1.82) is 0 Å². The van der Waals surface area contributed by atoms with Gasteiger partial charge < -0.3 is 14.5 Å². The number of rotatable bonds is 2. The van der Waals surface area contributed by atoms with E-state index in [4.69, 9.17) is 4.74 Å². The molecule has 0 amide bonds. The van der Waals surface area contributed by atoms with Crippen LogP contribution < -0.4 is 4.90 Å². The number of esters is 1. The van der Waals surface area contributed by atoms with E-state index >= 15 is 0 Å². The molecular weight excluding hydrogens is 224 g/mol. The van der Waals surface area contributed by atoms with Gasteiger partial charge >= 0.3 is 5.97 Å². The zero-order valence-corrected chi connectivity index (χ0v) is 10.4. The van der Waals surface area contributed by atoms with Crippen LogP contribution in [0.3, 0.4) is 0 Å². The van der Waals surface area contributed by atoms with Crippen molar-refractivity contribution in [3.63, 3.8) is 0 Å². The maximum atomic E-state index is 11.3. The monoisotopic (exact) mass is 240 g/mol. The number of hydrogen-bond acceptors (Lipinski definition) is 5. The van der Waals surface area contributed by atoms with Crippen LogP contribution in [0.15, 0.2) is 12.1 Å². The standard InChI is InChI=1S/C11H16N2O2S/c1-12-5-7-13(8-6-12)10-4-3-9(16-10)11(14)15-2/h3-4H,5-8H2,1-2H3. The predicted octanol–water partition coefficient (Wildman–Crippen LogP) is 1.29. The van der Waals surface area contributed by atoms with Gasteiger partial charge in [-0.2, -0.15) is 0 Å². The van der Waals surface area contributed by atoms with Crippen molar-refractivity contribution >= 4 is 22.3 Å². The number of thiophene rings is 1. The second-order valence-corrected chi connectivity index (χ2v) is 4.98. The van der Waals surface area contributed by atoms with Crippen molar-refractivity contribution < 1.29 is 9.53 Å². The molecule has 0 saturated carbocycles. The lowest BCUT2D eigenvalue weighted by molar-refractivity contribution is 0.0606. The van der Waals surface area contributed by atoms with E-state index in [0.717, 1.165) is 31.2 Å². The van der Waals surface area contributed by atoms with Crippen LogP contribution in [0.4, 0.5) is 5.00 Å². The van der Waals surface area contributed by atoms with Gasteiger partial charge in [0.05, 0.1) is 12.1 Å². The summed E-state index contributed by atoms with van der Waals surface area (Å²) in [6.07, 6.45) is 0. The molecule has 1 aliphatic rings. The van der Waals surface area contributed by atoms with Crippen molar-refractivity contribution in [2.75, 3.05) is 45.2 Å². The van der Waals surface area contributed by atoms with Gasteiger partial charge in [-0.3, -0.25) is 0 Å². The second kappa shape index (κ2) is 4.84. The molecule has 88 valence electrons. The summed E-state index contributed by atoms with van der Waals surface area (Å²) in [6.45, 7) is 4.20. The zero-order chi connectivity index (χ0) is 11.5. The average molecular weight is 240 g/mol. The molecule has 5 heteroatoms. The Morgan fingerprint density at radius 2 is 2.00 bits per heavy atom. The normalized spacial score (nSPS) is 17.5. The van der Waals surface area contributed by atoms with Crippen LogP contribution in [-0.4, -0.2) is 51.2 Å². The molecular formula is C11H16N2O2S. The minimum Gasteiger partial charge on any atom is -0.465 e. The van der Waals surface area contributed by atoms with Gasteiger partial charge in [-0.15, -0.1) is 11.3 Å². The fraction of sp³-hybridized carbons (Fsp3) is 0.545. The quantitative estimate of drug-likeness (QED) is 0.729. The summed E-state index contributed by atoms with van der Waals surface area (Å²) in [7, 11) is 3.54. The molecule has 0 unspecified atom stereocenters. The highest BCUT2D eigenvalue weighted by molar-refractivity contribution is 7.17. The number of carbonyl (C=O) groups excluding carboxylic acids is 1. The van der Waals surface area contributed by atoms with Crippen LogP contribution in [0.25, 0.3) is 0 Å².